The molecule has 7 nitrogen and oxygen atoms in total. The average molecular weight is 455 g/mol. The maximum absolute atomic E-state index is 12.2. The minimum absolute atomic E-state index is 0.124. The van der Waals surface area contributed by atoms with Gasteiger partial charge >= 0.3 is 0 Å². The molecule has 0 spiro atoms. The monoisotopic (exact) mass is 454 g/mol. The molecule has 0 bridgehead atoms. The normalized spacial score (nSPS) is 11.0. The first kappa shape index (κ1) is 25.7. The molecule has 0 saturated heterocycles. The highest BCUT2D eigenvalue weighted by Crippen LogP contribution is 2.29. The highest BCUT2D eigenvalue weighted by molar-refractivity contribution is 6.10. The van der Waals surface area contributed by atoms with Gasteiger partial charge in [0.25, 0.3) is 0 Å². The summed E-state index contributed by atoms with van der Waals surface area (Å²) in [6.45, 7) is 2.58. The molecule has 0 amide bonds. The molecule has 0 fully saturated rings. The van der Waals surface area contributed by atoms with E-state index >= 15 is 0 Å². The Morgan fingerprint density at radius 1 is 0.788 bits per heavy atom. The Morgan fingerprint density at radius 2 is 1.27 bits per heavy atom. The molecule has 0 aliphatic carbocycles. The van der Waals surface area contributed by atoms with Gasteiger partial charge in [-0.1, -0.05) is 31.2 Å². The molecule has 0 aliphatic rings. The van der Waals surface area contributed by atoms with Crippen LogP contribution in [0.25, 0.3) is 12.2 Å². The predicted octanol–water partition coefficient (Wildman–Crippen LogP) is 4.12. The zero-order valence-electron chi connectivity index (χ0n) is 19.2. The van der Waals surface area contributed by atoms with Gasteiger partial charge < -0.3 is 24.1 Å². The number of aliphatic hydroxyl groups is 1. The van der Waals surface area contributed by atoms with Crippen molar-refractivity contribution in [3.8, 4) is 23.0 Å². The van der Waals surface area contributed by atoms with Gasteiger partial charge in [-0.25, -0.2) is 0 Å². The Kier molecular flexibility index (Phi) is 10.7. The molecule has 0 radical (unpaired) electrons. The third-order valence-electron chi connectivity index (χ3n) is 4.46. The van der Waals surface area contributed by atoms with Gasteiger partial charge in [-0.2, -0.15) is 0 Å². The maximum Gasteiger partial charge on any atom is 0.163 e. The van der Waals surface area contributed by atoms with Crippen LogP contribution >= 0.6 is 0 Å². The fourth-order valence-electron chi connectivity index (χ4n) is 2.86. The summed E-state index contributed by atoms with van der Waals surface area (Å²) in [4.78, 5) is 24.4. The minimum Gasteiger partial charge on any atom is -0.493 e. The quantitative estimate of drug-likeness (QED) is 0.339. The summed E-state index contributed by atoms with van der Waals surface area (Å²) in [6.07, 6.45) is 6.60. The second kappa shape index (κ2) is 13.8. The molecule has 0 heterocycles. The summed E-state index contributed by atoms with van der Waals surface area (Å²) in [6, 6.07) is 10.5. The van der Waals surface area contributed by atoms with Crippen LogP contribution in [0.15, 0.2) is 48.6 Å². The molecule has 0 saturated carbocycles. The average Bonchev–Trinajstić information content (AvgIpc) is 2.83. The standard InChI is InChI=1S/C26H30O7/c1-4-14-32-25-16-19(7-11-23(25)30-2)5-9-21(28)18-22(29)10-6-20-8-12-24(31-3)26(17-20)33-15-13-27/h5-12,16-17,27H,4,13-15,18H2,1-3H3/b9-5+,10-6+. The molecular weight excluding hydrogens is 424 g/mol. The van der Waals surface area contributed by atoms with Crippen LogP contribution in [-0.2, 0) is 9.59 Å². The van der Waals surface area contributed by atoms with Crippen LogP contribution in [0.3, 0.4) is 0 Å². The smallest absolute Gasteiger partial charge is 0.163 e. The number of hydrogen-bond acceptors (Lipinski definition) is 7. The van der Waals surface area contributed by atoms with Gasteiger partial charge in [0.1, 0.15) is 6.61 Å². The number of methoxy groups -OCH3 is 2. The lowest BCUT2D eigenvalue weighted by Gasteiger charge is -2.10. The van der Waals surface area contributed by atoms with Crippen molar-refractivity contribution in [3.05, 3.63) is 59.7 Å². The molecule has 0 aliphatic heterocycles. The van der Waals surface area contributed by atoms with E-state index in [1.807, 2.05) is 13.0 Å². The van der Waals surface area contributed by atoms with Crippen LogP contribution in [0.5, 0.6) is 23.0 Å². The number of hydrogen-bond donors (Lipinski definition) is 1. The van der Waals surface area contributed by atoms with Crippen LogP contribution in [0, 0.1) is 0 Å². The first-order chi connectivity index (χ1) is 16.0. The number of aliphatic hydroxyl groups excluding tert-OH is 1. The van der Waals surface area contributed by atoms with E-state index < -0.39 is 0 Å². The zero-order chi connectivity index (χ0) is 24.1. The van der Waals surface area contributed by atoms with Gasteiger partial charge in [0, 0.05) is 0 Å². The highest BCUT2D eigenvalue weighted by atomic mass is 16.5. The summed E-state index contributed by atoms with van der Waals surface area (Å²) >= 11 is 0. The van der Waals surface area contributed by atoms with E-state index in [1.54, 1.807) is 49.6 Å². The third-order valence-corrected chi connectivity index (χ3v) is 4.46. The van der Waals surface area contributed by atoms with E-state index in [-0.39, 0.29) is 31.2 Å². The summed E-state index contributed by atoms with van der Waals surface area (Å²) in [5, 5.41) is 8.93. The van der Waals surface area contributed by atoms with Crippen LogP contribution in [0.4, 0.5) is 0 Å². The van der Waals surface area contributed by atoms with Crippen molar-refractivity contribution in [3.63, 3.8) is 0 Å². The Bertz CT molecular complexity index is 913. The second-order valence-electron chi connectivity index (χ2n) is 7.02. The first-order valence-electron chi connectivity index (χ1n) is 10.6. The second-order valence-corrected chi connectivity index (χ2v) is 7.02. The van der Waals surface area contributed by atoms with Gasteiger partial charge in [0.2, 0.25) is 0 Å². The summed E-state index contributed by atoms with van der Waals surface area (Å²) in [7, 11) is 3.09. The number of benzene rings is 2. The molecule has 0 atom stereocenters. The number of allylic oxidation sites excluding steroid dienone is 2. The van der Waals surface area contributed by atoms with Crippen molar-refractivity contribution in [1.29, 1.82) is 0 Å². The lowest BCUT2D eigenvalue weighted by molar-refractivity contribution is -0.121. The summed E-state index contributed by atoms with van der Waals surface area (Å²) in [5.74, 6) is 1.58. The Labute approximate surface area is 194 Å². The topological polar surface area (TPSA) is 91.3 Å². The van der Waals surface area contributed by atoms with E-state index in [1.165, 1.54) is 19.3 Å². The van der Waals surface area contributed by atoms with Crippen LogP contribution in [-0.4, -0.2) is 50.7 Å². The van der Waals surface area contributed by atoms with Crippen molar-refractivity contribution >= 4 is 23.7 Å². The van der Waals surface area contributed by atoms with Crippen molar-refractivity contribution < 1.29 is 33.6 Å². The van der Waals surface area contributed by atoms with Gasteiger partial charge in [0.05, 0.1) is 33.9 Å². The molecule has 0 aromatic heterocycles. The molecule has 176 valence electrons. The van der Waals surface area contributed by atoms with Crippen LogP contribution < -0.4 is 18.9 Å². The van der Waals surface area contributed by atoms with Crippen molar-refractivity contribution in [2.45, 2.75) is 19.8 Å². The lowest BCUT2D eigenvalue weighted by Crippen LogP contribution is -2.03. The number of carbonyl (C=O) groups excluding carboxylic acids is 2. The van der Waals surface area contributed by atoms with E-state index in [4.69, 9.17) is 24.1 Å². The molecule has 33 heavy (non-hydrogen) atoms. The number of ether oxygens (including phenoxy) is 4. The number of carbonyl (C=O) groups is 2. The van der Waals surface area contributed by atoms with E-state index in [9.17, 15) is 9.59 Å². The predicted molar refractivity (Wildman–Crippen MR) is 127 cm³/mol. The van der Waals surface area contributed by atoms with Gasteiger partial charge in [-0.05, 0) is 54.0 Å². The van der Waals surface area contributed by atoms with Crippen molar-refractivity contribution in [2.75, 3.05) is 34.0 Å². The van der Waals surface area contributed by atoms with Crippen molar-refractivity contribution in [2.24, 2.45) is 0 Å². The SMILES string of the molecule is CCCOc1cc(/C=C/C(=O)CC(=O)/C=C/c2ccc(OC)c(OCCO)c2)ccc1OC. The zero-order valence-corrected chi connectivity index (χ0v) is 19.2. The molecule has 0 unspecified atom stereocenters. The van der Waals surface area contributed by atoms with E-state index in [0.29, 0.717) is 35.2 Å². The third kappa shape index (κ3) is 8.46. The van der Waals surface area contributed by atoms with E-state index in [2.05, 4.69) is 0 Å². The largest absolute Gasteiger partial charge is 0.493 e. The van der Waals surface area contributed by atoms with Gasteiger partial charge in [0.15, 0.2) is 34.6 Å². The molecule has 2 aromatic carbocycles. The minimum atomic E-state index is -0.319. The molecule has 1 N–H and O–H groups in total. The molecular formula is C26H30O7. The molecule has 2 aromatic rings. The Hall–Kier alpha value is -3.58. The van der Waals surface area contributed by atoms with Crippen LogP contribution in [0.2, 0.25) is 0 Å². The Balaban J connectivity index is 1.98. The van der Waals surface area contributed by atoms with Gasteiger partial charge in [-0.15, -0.1) is 0 Å². The van der Waals surface area contributed by atoms with Gasteiger partial charge in [-0.3, -0.25) is 9.59 Å². The summed E-state index contributed by atoms with van der Waals surface area (Å²) in [5.41, 5.74) is 1.48. The fraction of sp³-hybridized carbons (Fsp3) is 0.308. The number of ketones is 2. The Morgan fingerprint density at radius 3 is 1.70 bits per heavy atom. The highest BCUT2D eigenvalue weighted by Gasteiger charge is 2.08. The lowest BCUT2D eigenvalue weighted by atomic mass is 10.1. The maximum atomic E-state index is 12.2. The molecule has 7 heteroatoms. The first-order valence-corrected chi connectivity index (χ1v) is 10.6. The van der Waals surface area contributed by atoms with E-state index in [0.717, 1.165) is 12.0 Å². The summed E-state index contributed by atoms with van der Waals surface area (Å²) < 4.78 is 21.6. The fourth-order valence-corrected chi connectivity index (χ4v) is 2.86. The number of rotatable bonds is 14. The van der Waals surface area contributed by atoms with Crippen molar-refractivity contribution in [1.82, 2.24) is 0 Å². The molecule has 2 rings (SSSR count). The van der Waals surface area contributed by atoms with Crippen LogP contribution in [0.1, 0.15) is 30.9 Å².